The summed E-state index contributed by atoms with van der Waals surface area (Å²) in [4.78, 5) is 24.8. The molecule has 0 aliphatic rings. The van der Waals surface area contributed by atoms with Gasteiger partial charge in [0.25, 0.3) is 5.91 Å². The summed E-state index contributed by atoms with van der Waals surface area (Å²) < 4.78 is 0. The summed E-state index contributed by atoms with van der Waals surface area (Å²) >= 11 is 6.14. The van der Waals surface area contributed by atoms with Gasteiger partial charge in [-0.1, -0.05) is 48.9 Å². The van der Waals surface area contributed by atoms with E-state index in [1.54, 1.807) is 18.2 Å². The van der Waals surface area contributed by atoms with E-state index >= 15 is 0 Å². The van der Waals surface area contributed by atoms with Crippen LogP contribution in [0.5, 0.6) is 0 Å². The van der Waals surface area contributed by atoms with Gasteiger partial charge in [-0.15, -0.1) is 0 Å². The first-order valence-electron chi connectivity index (χ1n) is 8.38. The highest BCUT2D eigenvalue weighted by atomic mass is 35.5. The fourth-order valence-electron chi connectivity index (χ4n) is 2.32. The van der Waals surface area contributed by atoms with Gasteiger partial charge >= 0.3 is 0 Å². The lowest BCUT2D eigenvalue weighted by atomic mass is 10.0. The van der Waals surface area contributed by atoms with E-state index in [9.17, 15) is 9.59 Å². The highest BCUT2D eigenvalue weighted by Crippen LogP contribution is 2.23. The molecule has 0 aliphatic heterocycles. The molecular weight excluding hydrogens is 336 g/mol. The van der Waals surface area contributed by atoms with E-state index in [4.69, 9.17) is 11.6 Å². The Morgan fingerprint density at radius 2 is 1.76 bits per heavy atom. The van der Waals surface area contributed by atoms with Crippen LogP contribution < -0.4 is 10.6 Å². The van der Waals surface area contributed by atoms with E-state index in [1.165, 1.54) is 0 Å². The Hall–Kier alpha value is -2.33. The van der Waals surface area contributed by atoms with Crippen LogP contribution in [-0.4, -0.2) is 17.9 Å². The summed E-state index contributed by atoms with van der Waals surface area (Å²) in [5.74, 6) is -0.678. The number of benzene rings is 2. The van der Waals surface area contributed by atoms with Crippen molar-refractivity contribution in [3.8, 4) is 0 Å². The van der Waals surface area contributed by atoms with E-state index in [2.05, 4.69) is 10.6 Å². The number of rotatable bonds is 6. The van der Waals surface area contributed by atoms with Gasteiger partial charge < -0.3 is 10.6 Å². The normalized spacial score (nSPS) is 13.0. The molecule has 0 unspecified atom stereocenters. The van der Waals surface area contributed by atoms with Crippen LogP contribution in [0.15, 0.2) is 48.5 Å². The highest BCUT2D eigenvalue weighted by molar-refractivity contribution is 6.34. The van der Waals surface area contributed by atoms with Gasteiger partial charge in [0.15, 0.2) is 0 Å². The third kappa shape index (κ3) is 5.07. The van der Waals surface area contributed by atoms with Crippen molar-refractivity contribution in [2.45, 2.75) is 39.2 Å². The van der Waals surface area contributed by atoms with Gasteiger partial charge in [-0.05, 0) is 44.0 Å². The Balaban J connectivity index is 2.14. The Morgan fingerprint density at radius 1 is 1.08 bits per heavy atom. The maximum absolute atomic E-state index is 12.5. The molecule has 0 fully saturated rings. The molecule has 0 heterocycles. The number of nitrogens with one attached hydrogen (secondary N) is 2. The van der Waals surface area contributed by atoms with Gasteiger partial charge in [-0.2, -0.15) is 0 Å². The molecule has 2 aromatic rings. The Labute approximate surface area is 153 Å². The fraction of sp³-hybridized carbons (Fsp3) is 0.300. The predicted molar refractivity (Wildman–Crippen MR) is 102 cm³/mol. The SMILES string of the molecule is CC[C@@H](C)NC(=O)c1cc(NC(=O)[C@H](C)c2ccccc2)ccc1Cl. The van der Waals surface area contributed by atoms with Crippen LogP contribution >= 0.6 is 11.6 Å². The molecule has 25 heavy (non-hydrogen) atoms. The summed E-state index contributed by atoms with van der Waals surface area (Å²) in [5, 5.41) is 6.09. The minimum absolute atomic E-state index is 0.0555. The van der Waals surface area contributed by atoms with E-state index in [0.717, 1.165) is 12.0 Å². The zero-order valence-electron chi connectivity index (χ0n) is 14.7. The molecule has 132 valence electrons. The summed E-state index contributed by atoms with van der Waals surface area (Å²) in [7, 11) is 0. The number of hydrogen-bond acceptors (Lipinski definition) is 2. The third-order valence-corrected chi connectivity index (χ3v) is 4.49. The molecule has 0 spiro atoms. The van der Waals surface area contributed by atoms with Crippen LogP contribution in [0.25, 0.3) is 0 Å². The summed E-state index contributed by atoms with van der Waals surface area (Å²) in [6, 6.07) is 14.5. The van der Waals surface area contributed by atoms with Crippen LogP contribution in [0, 0.1) is 0 Å². The topological polar surface area (TPSA) is 58.2 Å². The zero-order chi connectivity index (χ0) is 18.4. The number of halogens is 1. The molecule has 4 nitrogen and oxygen atoms in total. The first-order valence-corrected chi connectivity index (χ1v) is 8.76. The second kappa shape index (κ2) is 8.67. The largest absolute Gasteiger partial charge is 0.350 e. The van der Waals surface area contributed by atoms with Crippen molar-refractivity contribution in [2.24, 2.45) is 0 Å². The number of carbonyl (C=O) groups is 2. The molecule has 2 aromatic carbocycles. The zero-order valence-corrected chi connectivity index (χ0v) is 15.4. The Morgan fingerprint density at radius 3 is 2.40 bits per heavy atom. The molecule has 2 amide bonds. The number of anilines is 1. The number of amides is 2. The minimum atomic E-state index is -0.297. The quantitative estimate of drug-likeness (QED) is 0.792. The number of carbonyl (C=O) groups excluding carboxylic acids is 2. The monoisotopic (exact) mass is 358 g/mol. The van der Waals surface area contributed by atoms with Gasteiger partial charge in [-0.3, -0.25) is 9.59 Å². The van der Waals surface area contributed by atoms with Gasteiger partial charge in [0.2, 0.25) is 5.91 Å². The molecule has 0 saturated heterocycles. The van der Waals surface area contributed by atoms with Crippen LogP contribution in [0.4, 0.5) is 5.69 Å². The van der Waals surface area contributed by atoms with Gasteiger partial charge in [-0.25, -0.2) is 0 Å². The Kier molecular flexibility index (Phi) is 6.59. The highest BCUT2D eigenvalue weighted by Gasteiger charge is 2.17. The molecular formula is C20H23ClN2O2. The summed E-state index contributed by atoms with van der Waals surface area (Å²) in [5.41, 5.74) is 1.84. The standard InChI is InChI=1S/C20H23ClN2O2/c1-4-13(2)22-20(25)17-12-16(10-11-18(17)21)23-19(24)14(3)15-8-6-5-7-9-15/h5-14H,4H2,1-3H3,(H,22,25)(H,23,24)/t13-,14-/m1/s1. The summed E-state index contributed by atoms with van der Waals surface area (Å²) in [6.45, 7) is 5.77. The molecule has 2 rings (SSSR count). The van der Waals surface area contributed by atoms with Crippen LogP contribution in [0.3, 0.4) is 0 Å². The van der Waals surface area contributed by atoms with Crippen molar-refractivity contribution in [3.05, 3.63) is 64.7 Å². The van der Waals surface area contributed by atoms with Gasteiger partial charge in [0, 0.05) is 11.7 Å². The number of hydrogen-bond donors (Lipinski definition) is 2. The van der Waals surface area contributed by atoms with Crippen molar-refractivity contribution in [1.82, 2.24) is 5.32 Å². The fourth-order valence-corrected chi connectivity index (χ4v) is 2.53. The van der Waals surface area contributed by atoms with Crippen molar-refractivity contribution in [2.75, 3.05) is 5.32 Å². The first-order chi connectivity index (χ1) is 11.9. The summed E-state index contributed by atoms with van der Waals surface area (Å²) in [6.07, 6.45) is 0.828. The van der Waals surface area contributed by atoms with Crippen molar-refractivity contribution in [3.63, 3.8) is 0 Å². The van der Waals surface area contributed by atoms with E-state index in [-0.39, 0.29) is 23.8 Å². The minimum Gasteiger partial charge on any atom is -0.350 e. The second-order valence-electron chi connectivity index (χ2n) is 6.10. The van der Waals surface area contributed by atoms with Crippen LogP contribution in [-0.2, 0) is 4.79 Å². The molecule has 5 heteroatoms. The Bertz CT molecular complexity index is 747. The molecule has 0 bridgehead atoms. The maximum Gasteiger partial charge on any atom is 0.253 e. The predicted octanol–water partition coefficient (Wildman–Crippen LogP) is 4.61. The average Bonchev–Trinajstić information content (AvgIpc) is 2.63. The smallest absolute Gasteiger partial charge is 0.253 e. The van der Waals surface area contributed by atoms with Crippen LogP contribution in [0.2, 0.25) is 5.02 Å². The van der Waals surface area contributed by atoms with Crippen molar-refractivity contribution >= 4 is 29.1 Å². The lowest BCUT2D eigenvalue weighted by molar-refractivity contribution is -0.117. The van der Waals surface area contributed by atoms with Gasteiger partial charge in [0.05, 0.1) is 16.5 Å². The average molecular weight is 359 g/mol. The molecule has 0 radical (unpaired) electrons. The third-order valence-electron chi connectivity index (χ3n) is 4.16. The van der Waals surface area contributed by atoms with Crippen molar-refractivity contribution < 1.29 is 9.59 Å². The molecule has 0 saturated carbocycles. The van der Waals surface area contributed by atoms with E-state index < -0.39 is 0 Å². The molecule has 2 N–H and O–H groups in total. The molecule has 0 aromatic heterocycles. The van der Waals surface area contributed by atoms with Crippen molar-refractivity contribution in [1.29, 1.82) is 0 Å². The lowest BCUT2D eigenvalue weighted by Crippen LogP contribution is -2.32. The van der Waals surface area contributed by atoms with E-state index in [0.29, 0.717) is 16.3 Å². The van der Waals surface area contributed by atoms with Crippen LogP contribution in [0.1, 0.15) is 49.0 Å². The molecule has 2 atom stereocenters. The molecule has 0 aliphatic carbocycles. The first kappa shape index (κ1) is 19.0. The second-order valence-corrected chi connectivity index (χ2v) is 6.51. The van der Waals surface area contributed by atoms with E-state index in [1.807, 2.05) is 51.1 Å². The van der Waals surface area contributed by atoms with Gasteiger partial charge in [0.1, 0.15) is 0 Å². The maximum atomic E-state index is 12.5. The lowest BCUT2D eigenvalue weighted by Gasteiger charge is -2.15.